The average Bonchev–Trinajstić information content (AvgIpc) is 2.87. The molecule has 2 amide bonds. The van der Waals surface area contributed by atoms with Gasteiger partial charge in [-0.05, 0) is 60.9 Å². The first-order valence-corrected chi connectivity index (χ1v) is 13.5. The summed E-state index contributed by atoms with van der Waals surface area (Å²) in [5.74, 6) is 2.50. The lowest BCUT2D eigenvalue weighted by Crippen LogP contribution is -2.73. The van der Waals surface area contributed by atoms with Crippen molar-refractivity contribution in [2.45, 2.75) is 71.5 Å². The molecule has 2 aromatic rings. The van der Waals surface area contributed by atoms with Crippen molar-refractivity contribution in [3.8, 4) is 11.5 Å². The zero-order valence-corrected chi connectivity index (χ0v) is 23.4. The van der Waals surface area contributed by atoms with Crippen LogP contribution in [0.25, 0.3) is 0 Å². The third-order valence-electron chi connectivity index (χ3n) is 7.70. The van der Waals surface area contributed by atoms with Crippen molar-refractivity contribution in [3.63, 3.8) is 0 Å². The number of para-hydroxylation sites is 1. The number of halogens is 1. The van der Waals surface area contributed by atoms with Gasteiger partial charge in [-0.1, -0.05) is 64.4 Å². The van der Waals surface area contributed by atoms with E-state index < -0.39 is 11.6 Å². The highest BCUT2D eigenvalue weighted by atomic mass is 35.5. The molecule has 2 heterocycles. The van der Waals surface area contributed by atoms with Crippen molar-refractivity contribution in [1.82, 2.24) is 15.1 Å². The molecule has 0 aromatic heterocycles. The topological polar surface area (TPSA) is 61.9 Å². The van der Waals surface area contributed by atoms with Crippen LogP contribution in [0.4, 0.5) is 0 Å². The molecule has 0 bridgehead atoms. The molecular formula is C30H42ClN3O3. The smallest absolute Gasteiger partial charge is 0.246 e. The second-order valence-corrected chi connectivity index (χ2v) is 11.0. The fourth-order valence-electron chi connectivity index (χ4n) is 5.34. The summed E-state index contributed by atoms with van der Waals surface area (Å²) in [6.07, 6.45) is 3.02. The molecule has 2 aliphatic heterocycles. The number of carbonyl (C=O) groups excluding carboxylic acids is 2. The van der Waals surface area contributed by atoms with Gasteiger partial charge in [-0.2, -0.15) is 0 Å². The predicted octanol–water partition coefficient (Wildman–Crippen LogP) is 5.65. The van der Waals surface area contributed by atoms with Gasteiger partial charge in [0.25, 0.3) is 0 Å². The second kappa shape index (κ2) is 12.8. The largest absolute Gasteiger partial charge is 0.457 e. The number of nitrogens with one attached hydrogen (secondary N) is 1. The lowest BCUT2D eigenvalue weighted by atomic mass is 9.80. The molecule has 4 rings (SSSR count). The standard InChI is InChI=1S/C30H41N3O3.ClH/c1-5-23(4)20-33-28(34)27(19-22(2)3)31-29(35)30(33)15-17-32(18-16-30)21-24-11-13-26(14-12-24)36-25-9-7-6-8-10-25;/h6-14,22-23,27H,5,15-21H2,1-4H3,(H,31,35);1H. The maximum Gasteiger partial charge on any atom is 0.246 e. The molecular weight excluding hydrogens is 486 g/mol. The number of hydrogen-bond donors (Lipinski definition) is 1. The zero-order valence-electron chi connectivity index (χ0n) is 22.6. The molecule has 0 aliphatic carbocycles. The lowest BCUT2D eigenvalue weighted by molar-refractivity contribution is -0.162. The molecule has 0 radical (unpaired) electrons. The molecule has 2 unspecified atom stereocenters. The van der Waals surface area contributed by atoms with Crippen LogP contribution in [0.2, 0.25) is 0 Å². The summed E-state index contributed by atoms with van der Waals surface area (Å²) < 4.78 is 5.91. The molecule has 2 aliphatic rings. The van der Waals surface area contributed by atoms with Crippen LogP contribution >= 0.6 is 12.4 Å². The summed E-state index contributed by atoms with van der Waals surface area (Å²) in [7, 11) is 0. The second-order valence-electron chi connectivity index (χ2n) is 11.0. The van der Waals surface area contributed by atoms with Crippen LogP contribution in [-0.2, 0) is 16.1 Å². The van der Waals surface area contributed by atoms with E-state index in [1.807, 2.05) is 47.4 Å². The Morgan fingerprint density at radius 1 is 0.973 bits per heavy atom. The molecule has 2 saturated heterocycles. The average molecular weight is 528 g/mol. The third-order valence-corrected chi connectivity index (χ3v) is 7.70. The van der Waals surface area contributed by atoms with Crippen LogP contribution in [0, 0.1) is 11.8 Å². The molecule has 37 heavy (non-hydrogen) atoms. The van der Waals surface area contributed by atoms with Gasteiger partial charge in [-0.3, -0.25) is 14.5 Å². The maximum absolute atomic E-state index is 13.6. The number of benzene rings is 2. The first kappa shape index (κ1) is 29.0. The fraction of sp³-hybridized carbons (Fsp3) is 0.533. The molecule has 7 heteroatoms. The fourth-order valence-corrected chi connectivity index (χ4v) is 5.34. The lowest BCUT2D eigenvalue weighted by Gasteiger charge is -2.52. The van der Waals surface area contributed by atoms with Crippen molar-refractivity contribution in [1.29, 1.82) is 0 Å². The number of nitrogens with zero attached hydrogens (tertiary/aromatic N) is 2. The number of piperazine rings is 1. The maximum atomic E-state index is 13.6. The van der Waals surface area contributed by atoms with Gasteiger partial charge in [-0.15, -0.1) is 12.4 Å². The van der Waals surface area contributed by atoms with Crippen molar-refractivity contribution in [2.75, 3.05) is 19.6 Å². The Bertz CT molecular complexity index is 1020. The monoisotopic (exact) mass is 527 g/mol. The van der Waals surface area contributed by atoms with E-state index in [4.69, 9.17) is 4.74 Å². The Balaban J connectivity index is 0.00000380. The van der Waals surface area contributed by atoms with E-state index in [1.165, 1.54) is 5.56 Å². The first-order valence-electron chi connectivity index (χ1n) is 13.5. The number of likely N-dealkylation sites (tertiary alicyclic amines) is 1. The highest BCUT2D eigenvalue weighted by Crippen LogP contribution is 2.35. The first-order chi connectivity index (χ1) is 17.3. The van der Waals surface area contributed by atoms with E-state index >= 15 is 0 Å². The highest BCUT2D eigenvalue weighted by Gasteiger charge is 2.53. The van der Waals surface area contributed by atoms with Crippen LogP contribution in [0.5, 0.6) is 11.5 Å². The summed E-state index contributed by atoms with van der Waals surface area (Å²) in [5, 5.41) is 3.11. The number of piperidine rings is 1. The minimum atomic E-state index is -0.724. The Hall–Kier alpha value is -2.57. The summed E-state index contributed by atoms with van der Waals surface area (Å²) in [6.45, 7) is 11.6. The van der Waals surface area contributed by atoms with Gasteiger partial charge in [0.2, 0.25) is 11.8 Å². The van der Waals surface area contributed by atoms with E-state index in [0.29, 0.717) is 37.6 Å². The quantitative estimate of drug-likeness (QED) is 0.457. The number of rotatable bonds is 9. The minimum Gasteiger partial charge on any atom is -0.457 e. The van der Waals surface area contributed by atoms with E-state index in [9.17, 15) is 9.59 Å². The molecule has 1 spiro atoms. The molecule has 1 N–H and O–H groups in total. The molecule has 2 aromatic carbocycles. The molecule has 0 saturated carbocycles. The molecule has 2 fully saturated rings. The van der Waals surface area contributed by atoms with Crippen molar-refractivity contribution < 1.29 is 14.3 Å². The van der Waals surface area contributed by atoms with Gasteiger partial charge in [0.15, 0.2) is 0 Å². The number of hydrogen-bond acceptors (Lipinski definition) is 4. The number of carbonyl (C=O) groups is 2. The van der Waals surface area contributed by atoms with Gasteiger partial charge in [0.1, 0.15) is 23.1 Å². The van der Waals surface area contributed by atoms with Gasteiger partial charge in [0.05, 0.1) is 0 Å². The van der Waals surface area contributed by atoms with Gasteiger partial charge in [-0.25, -0.2) is 0 Å². The zero-order chi connectivity index (χ0) is 25.7. The molecule has 6 nitrogen and oxygen atoms in total. The number of amides is 2. The molecule has 202 valence electrons. The van der Waals surface area contributed by atoms with Crippen LogP contribution in [-0.4, -0.2) is 52.8 Å². The van der Waals surface area contributed by atoms with Crippen LogP contribution < -0.4 is 10.1 Å². The van der Waals surface area contributed by atoms with Crippen molar-refractivity contribution >= 4 is 24.2 Å². The van der Waals surface area contributed by atoms with Crippen molar-refractivity contribution in [3.05, 3.63) is 60.2 Å². The SMILES string of the molecule is CCC(C)CN1C(=O)C(CC(C)C)NC(=O)C12CCN(Cc1ccc(Oc3ccccc3)cc1)CC2.Cl. The predicted molar refractivity (Wildman–Crippen MR) is 150 cm³/mol. The Kier molecular flexibility index (Phi) is 10.0. The van der Waals surface area contributed by atoms with Crippen LogP contribution in [0.15, 0.2) is 54.6 Å². The highest BCUT2D eigenvalue weighted by molar-refractivity contribution is 6.00. The minimum absolute atomic E-state index is 0. The molecule has 2 atom stereocenters. The van der Waals surface area contributed by atoms with E-state index in [0.717, 1.165) is 37.6 Å². The number of ether oxygens (including phenoxy) is 1. The summed E-state index contributed by atoms with van der Waals surface area (Å²) in [5.41, 5.74) is 0.488. The summed E-state index contributed by atoms with van der Waals surface area (Å²) in [6, 6.07) is 17.6. The third kappa shape index (κ3) is 6.85. The van der Waals surface area contributed by atoms with E-state index in [-0.39, 0.29) is 24.2 Å². The summed E-state index contributed by atoms with van der Waals surface area (Å²) in [4.78, 5) is 31.4. The van der Waals surface area contributed by atoms with E-state index in [2.05, 4.69) is 50.0 Å². The Labute approximate surface area is 228 Å². The van der Waals surface area contributed by atoms with Crippen molar-refractivity contribution in [2.24, 2.45) is 11.8 Å². The van der Waals surface area contributed by atoms with E-state index in [1.54, 1.807) is 0 Å². The van der Waals surface area contributed by atoms with Gasteiger partial charge < -0.3 is 15.0 Å². The van der Waals surface area contributed by atoms with Gasteiger partial charge >= 0.3 is 0 Å². The Morgan fingerprint density at radius 2 is 1.59 bits per heavy atom. The normalized spacial score (nSPS) is 20.5. The van der Waals surface area contributed by atoms with Crippen LogP contribution in [0.3, 0.4) is 0 Å². The Morgan fingerprint density at radius 3 is 2.19 bits per heavy atom. The van der Waals surface area contributed by atoms with Gasteiger partial charge in [0, 0.05) is 26.2 Å². The van der Waals surface area contributed by atoms with Crippen LogP contribution in [0.1, 0.15) is 58.9 Å². The summed E-state index contributed by atoms with van der Waals surface area (Å²) >= 11 is 0.